The maximum atomic E-state index is 3.61. The van der Waals surface area contributed by atoms with Crippen molar-refractivity contribution in [2.24, 2.45) is 23.7 Å². The van der Waals surface area contributed by atoms with Gasteiger partial charge in [0.1, 0.15) is 0 Å². The van der Waals surface area contributed by atoms with Crippen LogP contribution in [0.2, 0.25) is 0 Å². The average molecular weight is 151 g/mol. The van der Waals surface area contributed by atoms with Crippen molar-refractivity contribution in [2.75, 3.05) is 0 Å². The lowest BCUT2D eigenvalue weighted by Crippen LogP contribution is -2.22. The standard InChI is InChI=1S/C10H17N/c1-5(2)7-3-6-4-8(7)10-9(6)11-10/h5-11H,3-4H2,1-2H3. The molecule has 1 N–H and O–H groups in total. The summed E-state index contributed by atoms with van der Waals surface area (Å²) in [6.45, 7) is 4.78. The first kappa shape index (κ1) is 6.47. The molecule has 1 aliphatic heterocycles. The van der Waals surface area contributed by atoms with E-state index < -0.39 is 0 Å². The van der Waals surface area contributed by atoms with Crippen LogP contribution in [0, 0.1) is 23.7 Å². The number of rotatable bonds is 1. The van der Waals surface area contributed by atoms with Crippen molar-refractivity contribution in [1.29, 1.82) is 0 Å². The molecule has 2 bridgehead atoms. The Kier molecular flexibility index (Phi) is 1.07. The van der Waals surface area contributed by atoms with Gasteiger partial charge < -0.3 is 5.32 Å². The van der Waals surface area contributed by atoms with Crippen molar-refractivity contribution >= 4 is 0 Å². The normalized spacial score (nSPS) is 58.6. The minimum atomic E-state index is 0.924. The quantitative estimate of drug-likeness (QED) is 0.565. The first-order chi connectivity index (χ1) is 5.27. The van der Waals surface area contributed by atoms with Crippen LogP contribution >= 0.6 is 0 Å². The zero-order valence-corrected chi connectivity index (χ0v) is 7.38. The Balaban J connectivity index is 1.82. The highest BCUT2D eigenvalue weighted by Crippen LogP contribution is 2.56. The zero-order valence-electron chi connectivity index (χ0n) is 7.38. The second-order valence-electron chi connectivity index (χ2n) is 5.02. The molecule has 3 rings (SSSR count). The zero-order chi connectivity index (χ0) is 7.59. The van der Waals surface area contributed by atoms with Crippen molar-refractivity contribution in [1.82, 2.24) is 5.32 Å². The van der Waals surface area contributed by atoms with E-state index in [1.165, 1.54) is 6.42 Å². The molecule has 3 fully saturated rings. The Bertz CT molecular complexity index is 187. The molecule has 11 heavy (non-hydrogen) atoms. The SMILES string of the molecule is CC(C)C1CC2CC1C1NC21. The summed E-state index contributed by atoms with van der Waals surface area (Å²) in [6.07, 6.45) is 3.07. The maximum absolute atomic E-state index is 3.61. The van der Waals surface area contributed by atoms with Crippen molar-refractivity contribution in [2.45, 2.75) is 38.8 Å². The van der Waals surface area contributed by atoms with Gasteiger partial charge >= 0.3 is 0 Å². The Morgan fingerprint density at radius 2 is 2.00 bits per heavy atom. The van der Waals surface area contributed by atoms with Crippen LogP contribution in [0.1, 0.15) is 26.7 Å². The summed E-state index contributed by atoms with van der Waals surface area (Å²) in [7, 11) is 0. The number of hydrogen-bond donors (Lipinski definition) is 1. The smallest absolute Gasteiger partial charge is 0.0258 e. The van der Waals surface area contributed by atoms with E-state index >= 15 is 0 Å². The van der Waals surface area contributed by atoms with E-state index in [0.29, 0.717) is 0 Å². The predicted octanol–water partition coefficient (Wildman–Crippen LogP) is 1.64. The first-order valence-electron chi connectivity index (χ1n) is 5.03. The van der Waals surface area contributed by atoms with Crippen LogP contribution < -0.4 is 5.32 Å². The molecule has 1 heteroatoms. The molecule has 3 aliphatic rings. The van der Waals surface area contributed by atoms with Gasteiger partial charge in [0.15, 0.2) is 0 Å². The van der Waals surface area contributed by atoms with Crippen LogP contribution in [-0.2, 0) is 0 Å². The van der Waals surface area contributed by atoms with Gasteiger partial charge in [-0.25, -0.2) is 0 Å². The van der Waals surface area contributed by atoms with E-state index in [-0.39, 0.29) is 0 Å². The summed E-state index contributed by atoms with van der Waals surface area (Å²) < 4.78 is 0. The largest absolute Gasteiger partial charge is 0.308 e. The predicted molar refractivity (Wildman–Crippen MR) is 45.3 cm³/mol. The van der Waals surface area contributed by atoms with Gasteiger partial charge in [-0.2, -0.15) is 0 Å². The van der Waals surface area contributed by atoms with E-state index in [0.717, 1.165) is 35.8 Å². The van der Waals surface area contributed by atoms with Crippen LogP contribution in [0.3, 0.4) is 0 Å². The molecule has 0 spiro atoms. The summed E-state index contributed by atoms with van der Waals surface area (Å²) in [6, 6.07) is 1.93. The second-order valence-corrected chi connectivity index (χ2v) is 5.02. The first-order valence-corrected chi connectivity index (χ1v) is 5.03. The van der Waals surface area contributed by atoms with E-state index in [4.69, 9.17) is 0 Å². The fourth-order valence-electron chi connectivity index (χ4n) is 3.60. The lowest BCUT2D eigenvalue weighted by Gasteiger charge is -2.23. The molecule has 2 saturated carbocycles. The van der Waals surface area contributed by atoms with Gasteiger partial charge in [-0.15, -0.1) is 0 Å². The summed E-state index contributed by atoms with van der Waals surface area (Å²) in [5.41, 5.74) is 0. The third-order valence-electron chi connectivity index (χ3n) is 4.19. The van der Waals surface area contributed by atoms with E-state index in [1.54, 1.807) is 6.42 Å². The van der Waals surface area contributed by atoms with Crippen LogP contribution in [-0.4, -0.2) is 12.1 Å². The third-order valence-corrected chi connectivity index (χ3v) is 4.19. The number of fused-ring (bicyclic) bond motifs is 5. The molecule has 0 aromatic rings. The molecule has 1 heterocycles. The summed E-state index contributed by atoms with van der Waals surface area (Å²) in [4.78, 5) is 0. The lowest BCUT2D eigenvalue weighted by molar-refractivity contribution is 0.277. The molecule has 0 aromatic heterocycles. The fourth-order valence-corrected chi connectivity index (χ4v) is 3.60. The van der Waals surface area contributed by atoms with Crippen molar-refractivity contribution in [3.63, 3.8) is 0 Å². The summed E-state index contributed by atoms with van der Waals surface area (Å²) >= 11 is 0. The van der Waals surface area contributed by atoms with Crippen LogP contribution in [0.5, 0.6) is 0 Å². The lowest BCUT2D eigenvalue weighted by atomic mass is 9.81. The van der Waals surface area contributed by atoms with E-state index in [9.17, 15) is 0 Å². The highest BCUT2D eigenvalue weighted by molar-refractivity contribution is 5.18. The fraction of sp³-hybridized carbons (Fsp3) is 1.00. The van der Waals surface area contributed by atoms with Crippen molar-refractivity contribution in [3.8, 4) is 0 Å². The third kappa shape index (κ3) is 0.703. The van der Waals surface area contributed by atoms with Gasteiger partial charge in [0.05, 0.1) is 0 Å². The molecular formula is C10H17N. The molecule has 5 atom stereocenters. The summed E-state index contributed by atoms with van der Waals surface area (Å²) in [5, 5.41) is 3.61. The molecule has 5 unspecified atom stereocenters. The summed E-state index contributed by atoms with van der Waals surface area (Å²) in [5.74, 6) is 4.10. The molecule has 1 saturated heterocycles. The average Bonchev–Trinajstić information content (AvgIpc) is 2.57. The van der Waals surface area contributed by atoms with Gasteiger partial charge in [-0.1, -0.05) is 13.8 Å². The Morgan fingerprint density at radius 3 is 2.55 bits per heavy atom. The number of nitrogens with one attached hydrogen (secondary N) is 1. The molecule has 0 aromatic carbocycles. The van der Waals surface area contributed by atoms with Crippen LogP contribution in [0.15, 0.2) is 0 Å². The van der Waals surface area contributed by atoms with Gasteiger partial charge in [0.2, 0.25) is 0 Å². The van der Waals surface area contributed by atoms with Crippen LogP contribution in [0.4, 0.5) is 0 Å². The molecule has 1 nitrogen and oxygen atoms in total. The van der Waals surface area contributed by atoms with Crippen molar-refractivity contribution in [3.05, 3.63) is 0 Å². The van der Waals surface area contributed by atoms with Crippen molar-refractivity contribution < 1.29 is 0 Å². The maximum Gasteiger partial charge on any atom is 0.0258 e. The molecule has 62 valence electrons. The number of piperidine rings is 1. The van der Waals surface area contributed by atoms with Gasteiger partial charge in [-0.3, -0.25) is 0 Å². The van der Waals surface area contributed by atoms with Gasteiger partial charge in [-0.05, 0) is 36.5 Å². The van der Waals surface area contributed by atoms with Gasteiger partial charge in [0.25, 0.3) is 0 Å². The van der Waals surface area contributed by atoms with Gasteiger partial charge in [0, 0.05) is 12.1 Å². The molecule has 0 amide bonds. The highest BCUT2D eigenvalue weighted by Gasteiger charge is 2.61. The minimum absolute atomic E-state index is 0.924. The van der Waals surface area contributed by atoms with E-state index in [2.05, 4.69) is 19.2 Å². The second kappa shape index (κ2) is 1.82. The number of hydrogen-bond acceptors (Lipinski definition) is 1. The Labute approximate surface area is 68.6 Å². The monoisotopic (exact) mass is 151 g/mol. The topological polar surface area (TPSA) is 21.9 Å². The molecule has 0 radical (unpaired) electrons. The Hall–Kier alpha value is -0.0400. The molecular weight excluding hydrogens is 134 g/mol. The van der Waals surface area contributed by atoms with Crippen LogP contribution in [0.25, 0.3) is 0 Å². The Morgan fingerprint density at radius 1 is 1.18 bits per heavy atom. The molecule has 2 aliphatic carbocycles. The van der Waals surface area contributed by atoms with E-state index in [1.807, 2.05) is 0 Å². The minimum Gasteiger partial charge on any atom is -0.308 e. The highest BCUT2D eigenvalue weighted by atomic mass is 15.2.